The molecule has 1 rings (SSSR count). The van der Waals surface area contributed by atoms with E-state index >= 15 is 0 Å². The smallest absolute Gasteiger partial charge is 0.270 e. The Morgan fingerprint density at radius 2 is 2.16 bits per heavy atom. The van der Waals surface area contributed by atoms with E-state index in [2.05, 4.69) is 21.2 Å². The molecule has 1 aromatic rings. The lowest BCUT2D eigenvalue weighted by Crippen LogP contribution is -2.20. The first-order valence-corrected chi connectivity index (χ1v) is 6.64. The Labute approximate surface area is 120 Å². The van der Waals surface area contributed by atoms with Gasteiger partial charge in [0.2, 0.25) is 0 Å². The van der Waals surface area contributed by atoms with Crippen molar-refractivity contribution in [2.45, 2.75) is 6.54 Å². The highest BCUT2D eigenvalue weighted by Gasteiger charge is 2.08. The van der Waals surface area contributed by atoms with Crippen LogP contribution in [0.2, 0.25) is 0 Å². The first kappa shape index (κ1) is 16.0. The molecule has 1 aromatic carbocycles. The Kier molecular flexibility index (Phi) is 7.57. The van der Waals surface area contributed by atoms with Crippen molar-refractivity contribution in [2.75, 3.05) is 33.5 Å². The van der Waals surface area contributed by atoms with Crippen LogP contribution in [0.15, 0.2) is 22.7 Å². The fourth-order valence-electron chi connectivity index (χ4n) is 1.40. The van der Waals surface area contributed by atoms with Crippen LogP contribution >= 0.6 is 15.9 Å². The van der Waals surface area contributed by atoms with E-state index in [0.29, 0.717) is 32.9 Å². The molecule has 106 valence electrons. The molecule has 0 amide bonds. The maximum Gasteiger partial charge on any atom is 0.270 e. The summed E-state index contributed by atoms with van der Waals surface area (Å²) in [5, 5.41) is 13.8. The maximum atomic E-state index is 10.6. The fourth-order valence-corrected chi connectivity index (χ4v) is 1.91. The molecule has 0 saturated heterocycles. The number of nitro groups is 1. The molecular formula is C12H17BrN2O4. The van der Waals surface area contributed by atoms with Gasteiger partial charge in [0.1, 0.15) is 0 Å². The summed E-state index contributed by atoms with van der Waals surface area (Å²) in [4.78, 5) is 10.2. The van der Waals surface area contributed by atoms with Gasteiger partial charge in [0.15, 0.2) is 0 Å². The lowest BCUT2D eigenvalue weighted by Gasteiger charge is -2.07. The van der Waals surface area contributed by atoms with E-state index in [1.54, 1.807) is 13.2 Å². The first-order chi connectivity index (χ1) is 9.15. The first-order valence-electron chi connectivity index (χ1n) is 5.85. The third-order valence-electron chi connectivity index (χ3n) is 2.42. The molecule has 0 aliphatic carbocycles. The molecule has 0 aliphatic rings. The zero-order valence-corrected chi connectivity index (χ0v) is 12.3. The predicted molar refractivity (Wildman–Crippen MR) is 75.2 cm³/mol. The van der Waals surface area contributed by atoms with Crippen molar-refractivity contribution in [3.8, 4) is 0 Å². The molecule has 0 spiro atoms. The molecule has 0 heterocycles. The molecule has 0 aliphatic heterocycles. The van der Waals surface area contributed by atoms with Crippen LogP contribution in [0, 0.1) is 10.1 Å². The summed E-state index contributed by atoms with van der Waals surface area (Å²) in [6.45, 7) is 3.13. The van der Waals surface area contributed by atoms with Gasteiger partial charge in [-0.3, -0.25) is 10.1 Å². The van der Waals surface area contributed by atoms with Crippen LogP contribution in [0.1, 0.15) is 5.56 Å². The molecule has 7 heteroatoms. The number of methoxy groups -OCH3 is 1. The minimum Gasteiger partial charge on any atom is -0.382 e. The second kappa shape index (κ2) is 8.98. The average molecular weight is 333 g/mol. The normalized spacial score (nSPS) is 10.6. The quantitative estimate of drug-likeness (QED) is 0.426. The predicted octanol–water partition coefficient (Wildman–Crippen LogP) is 2.11. The molecule has 19 heavy (non-hydrogen) atoms. The number of non-ortho nitro benzene ring substituents is 1. The van der Waals surface area contributed by atoms with E-state index in [4.69, 9.17) is 9.47 Å². The van der Waals surface area contributed by atoms with Gasteiger partial charge in [0, 0.05) is 36.8 Å². The highest BCUT2D eigenvalue weighted by atomic mass is 79.9. The standard InChI is InChI=1S/C12H17BrN2O4/c1-18-6-7-19-5-4-14-9-10-2-3-11(15(16)17)8-12(10)13/h2-3,8,14H,4-7,9H2,1H3. The molecule has 0 radical (unpaired) electrons. The molecule has 1 N–H and O–H groups in total. The van der Waals surface area contributed by atoms with Crippen molar-refractivity contribution in [1.29, 1.82) is 0 Å². The zero-order valence-electron chi connectivity index (χ0n) is 10.7. The van der Waals surface area contributed by atoms with E-state index in [9.17, 15) is 10.1 Å². The molecule has 0 bridgehead atoms. The summed E-state index contributed by atoms with van der Waals surface area (Å²) in [7, 11) is 1.63. The van der Waals surface area contributed by atoms with E-state index < -0.39 is 4.92 Å². The summed E-state index contributed by atoms with van der Waals surface area (Å²) < 4.78 is 10.9. The second-order valence-corrected chi connectivity index (χ2v) is 4.67. The minimum atomic E-state index is -0.411. The average Bonchev–Trinajstić information content (AvgIpc) is 2.39. The van der Waals surface area contributed by atoms with Crippen LogP contribution in [0.5, 0.6) is 0 Å². The Morgan fingerprint density at radius 3 is 2.79 bits per heavy atom. The molecule has 0 unspecified atom stereocenters. The number of nitrogens with one attached hydrogen (secondary N) is 1. The number of halogens is 1. The molecule has 6 nitrogen and oxygen atoms in total. The number of hydrogen-bond donors (Lipinski definition) is 1. The van der Waals surface area contributed by atoms with E-state index in [1.807, 2.05) is 0 Å². The summed E-state index contributed by atoms with van der Waals surface area (Å²) in [5.74, 6) is 0. The van der Waals surface area contributed by atoms with Crippen LogP contribution < -0.4 is 5.32 Å². The Bertz CT molecular complexity index is 415. The van der Waals surface area contributed by atoms with Crippen LogP contribution in [0.4, 0.5) is 5.69 Å². The number of ether oxygens (including phenoxy) is 2. The maximum absolute atomic E-state index is 10.6. The molecular weight excluding hydrogens is 316 g/mol. The fraction of sp³-hybridized carbons (Fsp3) is 0.500. The van der Waals surface area contributed by atoms with Crippen LogP contribution in [-0.4, -0.2) is 38.4 Å². The van der Waals surface area contributed by atoms with Gasteiger partial charge in [-0.25, -0.2) is 0 Å². The third kappa shape index (κ3) is 6.11. The third-order valence-corrected chi connectivity index (χ3v) is 3.16. The summed E-state index contributed by atoms with van der Waals surface area (Å²) >= 11 is 3.33. The van der Waals surface area contributed by atoms with Crippen molar-refractivity contribution < 1.29 is 14.4 Å². The molecule has 0 fully saturated rings. The molecule has 0 atom stereocenters. The van der Waals surface area contributed by atoms with Gasteiger partial charge in [-0.05, 0) is 11.6 Å². The summed E-state index contributed by atoms with van der Waals surface area (Å²) in [6.07, 6.45) is 0. The SMILES string of the molecule is COCCOCCNCc1ccc([N+](=O)[O-])cc1Br. The van der Waals surface area contributed by atoms with Gasteiger partial charge in [-0.1, -0.05) is 15.9 Å². The summed E-state index contributed by atoms with van der Waals surface area (Å²) in [5.41, 5.74) is 1.06. The van der Waals surface area contributed by atoms with Gasteiger partial charge in [-0.15, -0.1) is 0 Å². The Hall–Kier alpha value is -1.02. The minimum absolute atomic E-state index is 0.0820. The van der Waals surface area contributed by atoms with Crippen LogP contribution in [0.3, 0.4) is 0 Å². The lowest BCUT2D eigenvalue weighted by atomic mass is 10.2. The van der Waals surface area contributed by atoms with Gasteiger partial charge in [0.25, 0.3) is 5.69 Å². The number of hydrogen-bond acceptors (Lipinski definition) is 5. The van der Waals surface area contributed by atoms with Crippen molar-refractivity contribution in [3.63, 3.8) is 0 Å². The van der Waals surface area contributed by atoms with Crippen molar-refractivity contribution in [3.05, 3.63) is 38.3 Å². The highest BCUT2D eigenvalue weighted by Crippen LogP contribution is 2.22. The van der Waals surface area contributed by atoms with Gasteiger partial charge < -0.3 is 14.8 Å². The number of benzene rings is 1. The number of rotatable bonds is 9. The zero-order chi connectivity index (χ0) is 14.1. The number of nitro benzene ring substituents is 1. The van der Waals surface area contributed by atoms with Crippen LogP contribution in [0.25, 0.3) is 0 Å². The largest absolute Gasteiger partial charge is 0.382 e. The van der Waals surface area contributed by atoms with Crippen molar-refractivity contribution >= 4 is 21.6 Å². The van der Waals surface area contributed by atoms with Gasteiger partial charge in [-0.2, -0.15) is 0 Å². The molecule has 0 aromatic heterocycles. The van der Waals surface area contributed by atoms with Gasteiger partial charge >= 0.3 is 0 Å². The van der Waals surface area contributed by atoms with Gasteiger partial charge in [0.05, 0.1) is 24.7 Å². The summed E-state index contributed by atoms with van der Waals surface area (Å²) in [6, 6.07) is 4.74. The van der Waals surface area contributed by atoms with E-state index in [-0.39, 0.29) is 5.69 Å². The second-order valence-electron chi connectivity index (χ2n) is 3.81. The van der Waals surface area contributed by atoms with E-state index in [0.717, 1.165) is 10.0 Å². The lowest BCUT2D eigenvalue weighted by molar-refractivity contribution is -0.384. The number of nitrogens with zero attached hydrogens (tertiary/aromatic N) is 1. The topological polar surface area (TPSA) is 73.6 Å². The van der Waals surface area contributed by atoms with E-state index in [1.165, 1.54) is 12.1 Å². The Morgan fingerprint density at radius 1 is 1.37 bits per heavy atom. The Balaban J connectivity index is 2.28. The van der Waals surface area contributed by atoms with Crippen molar-refractivity contribution in [1.82, 2.24) is 5.32 Å². The molecule has 0 saturated carbocycles. The van der Waals surface area contributed by atoms with Crippen LogP contribution in [-0.2, 0) is 16.0 Å². The highest BCUT2D eigenvalue weighted by molar-refractivity contribution is 9.10. The monoisotopic (exact) mass is 332 g/mol. The van der Waals surface area contributed by atoms with Crippen molar-refractivity contribution in [2.24, 2.45) is 0 Å².